The van der Waals surface area contributed by atoms with Crippen molar-refractivity contribution >= 4 is 0 Å². The molecule has 13 heavy (non-hydrogen) atoms. The smallest absolute Gasteiger partial charge is 0.121 e. The lowest BCUT2D eigenvalue weighted by molar-refractivity contribution is 0.279. The quantitative estimate of drug-likeness (QED) is 0.608. The Morgan fingerprint density at radius 2 is 2.23 bits per heavy atom. The summed E-state index contributed by atoms with van der Waals surface area (Å²) in [7, 11) is 0. The van der Waals surface area contributed by atoms with Crippen LogP contribution in [0.5, 0.6) is 5.75 Å². The van der Waals surface area contributed by atoms with Crippen LogP contribution in [-0.2, 0) is 6.61 Å². The Hall–Kier alpha value is -1.32. The van der Waals surface area contributed by atoms with Crippen LogP contribution in [-0.4, -0.2) is 10.2 Å². The molecule has 1 atom stereocenters. The van der Waals surface area contributed by atoms with Crippen LogP contribution in [0.3, 0.4) is 0 Å². The fraction of sp³-hybridized carbons (Fsp3) is 0.200. The van der Waals surface area contributed by atoms with Crippen LogP contribution >= 0.6 is 0 Å². The van der Waals surface area contributed by atoms with Crippen molar-refractivity contribution in [3.05, 3.63) is 42.0 Å². The number of phenolic OH excluding ortho intramolecular Hbond substituents is 1. The van der Waals surface area contributed by atoms with E-state index in [0.29, 0.717) is 11.1 Å². The van der Waals surface area contributed by atoms with Crippen LogP contribution in [0, 0.1) is 0 Å². The zero-order valence-corrected chi connectivity index (χ0v) is 7.27. The summed E-state index contributed by atoms with van der Waals surface area (Å²) < 4.78 is 0. The Kier molecular flexibility index (Phi) is 3.06. The van der Waals surface area contributed by atoms with E-state index in [9.17, 15) is 5.11 Å². The van der Waals surface area contributed by atoms with Crippen molar-refractivity contribution < 1.29 is 10.2 Å². The summed E-state index contributed by atoms with van der Waals surface area (Å²) >= 11 is 0. The lowest BCUT2D eigenvalue weighted by Gasteiger charge is -2.13. The summed E-state index contributed by atoms with van der Waals surface area (Å²) in [6, 6.07) is 4.49. The van der Waals surface area contributed by atoms with Crippen LogP contribution < -0.4 is 5.73 Å². The van der Waals surface area contributed by atoms with E-state index in [1.54, 1.807) is 12.1 Å². The first-order chi connectivity index (χ1) is 6.20. The number of phenols is 1. The molecule has 1 aromatic rings. The first-order valence-corrected chi connectivity index (χ1v) is 4.00. The average molecular weight is 179 g/mol. The van der Waals surface area contributed by atoms with Crippen LogP contribution in [0.15, 0.2) is 30.9 Å². The van der Waals surface area contributed by atoms with Gasteiger partial charge in [0.25, 0.3) is 0 Å². The SMILES string of the molecule is C=CC(N)c1c(O)cccc1CO. The first kappa shape index (κ1) is 9.77. The van der Waals surface area contributed by atoms with Gasteiger partial charge in [0.05, 0.1) is 12.6 Å². The third-order valence-corrected chi connectivity index (χ3v) is 1.93. The molecular weight excluding hydrogens is 166 g/mol. The molecule has 1 unspecified atom stereocenters. The number of nitrogens with two attached hydrogens (primary N) is 1. The number of aromatic hydroxyl groups is 1. The van der Waals surface area contributed by atoms with Crippen molar-refractivity contribution in [1.82, 2.24) is 0 Å². The van der Waals surface area contributed by atoms with E-state index in [0.717, 1.165) is 0 Å². The van der Waals surface area contributed by atoms with Crippen molar-refractivity contribution in [3.8, 4) is 5.75 Å². The third kappa shape index (κ3) is 1.88. The fourth-order valence-electron chi connectivity index (χ4n) is 1.24. The second-order valence-electron chi connectivity index (χ2n) is 2.77. The largest absolute Gasteiger partial charge is 0.508 e. The Labute approximate surface area is 77.1 Å². The lowest BCUT2D eigenvalue weighted by Crippen LogP contribution is -2.09. The second kappa shape index (κ2) is 4.07. The molecule has 0 aliphatic rings. The van der Waals surface area contributed by atoms with Crippen molar-refractivity contribution in [2.24, 2.45) is 5.73 Å². The summed E-state index contributed by atoms with van der Waals surface area (Å²) in [6.45, 7) is 3.40. The van der Waals surface area contributed by atoms with Gasteiger partial charge in [-0.25, -0.2) is 0 Å². The lowest BCUT2D eigenvalue weighted by atomic mass is 10.0. The molecular formula is C10H13NO2. The maximum absolute atomic E-state index is 9.49. The van der Waals surface area contributed by atoms with Crippen LogP contribution in [0.25, 0.3) is 0 Å². The molecule has 0 aliphatic heterocycles. The van der Waals surface area contributed by atoms with E-state index in [-0.39, 0.29) is 12.4 Å². The Balaban J connectivity index is 3.22. The maximum atomic E-state index is 9.49. The molecule has 0 heterocycles. The predicted octanol–water partition coefficient (Wildman–Crippen LogP) is 1.07. The van der Waals surface area contributed by atoms with Gasteiger partial charge in [-0.3, -0.25) is 0 Å². The molecule has 70 valence electrons. The van der Waals surface area contributed by atoms with Gasteiger partial charge in [-0.2, -0.15) is 0 Å². The van der Waals surface area contributed by atoms with Gasteiger partial charge in [0.2, 0.25) is 0 Å². The predicted molar refractivity (Wildman–Crippen MR) is 51.2 cm³/mol. The van der Waals surface area contributed by atoms with Gasteiger partial charge in [0, 0.05) is 5.56 Å². The molecule has 0 fully saturated rings. The maximum Gasteiger partial charge on any atom is 0.121 e. The Morgan fingerprint density at radius 3 is 2.77 bits per heavy atom. The molecule has 0 bridgehead atoms. The Morgan fingerprint density at radius 1 is 1.54 bits per heavy atom. The zero-order valence-electron chi connectivity index (χ0n) is 7.27. The van der Waals surface area contributed by atoms with Gasteiger partial charge >= 0.3 is 0 Å². The standard InChI is InChI=1S/C10H13NO2/c1-2-8(11)10-7(6-12)4-3-5-9(10)13/h2-5,8,12-13H,1,6,11H2. The topological polar surface area (TPSA) is 66.5 Å². The normalized spacial score (nSPS) is 12.5. The molecule has 0 spiro atoms. The molecule has 3 nitrogen and oxygen atoms in total. The average Bonchev–Trinajstić information content (AvgIpc) is 2.16. The summed E-state index contributed by atoms with van der Waals surface area (Å²) in [5, 5.41) is 18.5. The van der Waals surface area contributed by atoms with E-state index in [2.05, 4.69) is 6.58 Å². The van der Waals surface area contributed by atoms with E-state index < -0.39 is 6.04 Å². The van der Waals surface area contributed by atoms with Gasteiger partial charge in [0.1, 0.15) is 5.75 Å². The summed E-state index contributed by atoms with van der Waals surface area (Å²) in [6.07, 6.45) is 1.52. The van der Waals surface area contributed by atoms with E-state index in [1.807, 2.05) is 0 Å². The van der Waals surface area contributed by atoms with Crippen molar-refractivity contribution in [3.63, 3.8) is 0 Å². The van der Waals surface area contributed by atoms with Crippen LogP contribution in [0.4, 0.5) is 0 Å². The first-order valence-electron chi connectivity index (χ1n) is 4.00. The highest BCUT2D eigenvalue weighted by atomic mass is 16.3. The number of hydrogen-bond donors (Lipinski definition) is 3. The van der Waals surface area contributed by atoms with Crippen molar-refractivity contribution in [2.45, 2.75) is 12.6 Å². The molecule has 0 radical (unpaired) electrons. The highest BCUT2D eigenvalue weighted by Crippen LogP contribution is 2.26. The molecule has 0 aromatic heterocycles. The molecule has 4 N–H and O–H groups in total. The number of rotatable bonds is 3. The highest BCUT2D eigenvalue weighted by molar-refractivity contribution is 5.42. The van der Waals surface area contributed by atoms with Crippen molar-refractivity contribution in [1.29, 1.82) is 0 Å². The van der Waals surface area contributed by atoms with E-state index >= 15 is 0 Å². The number of benzene rings is 1. The minimum atomic E-state index is -0.441. The third-order valence-electron chi connectivity index (χ3n) is 1.93. The van der Waals surface area contributed by atoms with Crippen LogP contribution in [0.2, 0.25) is 0 Å². The molecule has 1 aromatic carbocycles. The second-order valence-corrected chi connectivity index (χ2v) is 2.77. The number of aliphatic hydroxyl groups excluding tert-OH is 1. The van der Waals surface area contributed by atoms with Gasteiger partial charge in [0.15, 0.2) is 0 Å². The van der Waals surface area contributed by atoms with Gasteiger partial charge in [-0.15, -0.1) is 6.58 Å². The summed E-state index contributed by atoms with van der Waals surface area (Å²) in [5.74, 6) is 0.0963. The van der Waals surface area contributed by atoms with Crippen LogP contribution in [0.1, 0.15) is 17.2 Å². The molecule has 1 rings (SSSR count). The monoisotopic (exact) mass is 179 g/mol. The summed E-state index contributed by atoms with van der Waals surface area (Å²) in [5.41, 5.74) is 6.86. The van der Waals surface area contributed by atoms with Gasteiger partial charge < -0.3 is 15.9 Å². The highest BCUT2D eigenvalue weighted by Gasteiger charge is 2.11. The van der Waals surface area contributed by atoms with E-state index in [4.69, 9.17) is 10.8 Å². The van der Waals surface area contributed by atoms with E-state index in [1.165, 1.54) is 12.1 Å². The number of hydrogen-bond acceptors (Lipinski definition) is 3. The molecule has 0 saturated carbocycles. The Bertz CT molecular complexity index is 310. The van der Waals surface area contributed by atoms with Gasteiger partial charge in [-0.05, 0) is 11.6 Å². The minimum Gasteiger partial charge on any atom is -0.508 e. The fourth-order valence-corrected chi connectivity index (χ4v) is 1.24. The minimum absolute atomic E-state index is 0.0963. The molecule has 3 heteroatoms. The molecule has 0 amide bonds. The van der Waals surface area contributed by atoms with Gasteiger partial charge in [-0.1, -0.05) is 18.2 Å². The van der Waals surface area contributed by atoms with Crippen molar-refractivity contribution in [2.75, 3.05) is 0 Å². The molecule has 0 aliphatic carbocycles. The summed E-state index contributed by atoms with van der Waals surface area (Å²) in [4.78, 5) is 0. The number of aliphatic hydroxyl groups is 1. The molecule has 0 saturated heterocycles. The zero-order chi connectivity index (χ0) is 9.84.